The molecule has 5 nitrogen and oxygen atoms in total. The fourth-order valence-electron chi connectivity index (χ4n) is 3.51. The third-order valence-corrected chi connectivity index (χ3v) is 5.94. The first kappa shape index (κ1) is 18.1. The first-order chi connectivity index (χ1) is 14.7. The third-order valence-electron chi connectivity index (χ3n) is 5.00. The molecule has 1 amide bonds. The van der Waals surface area contributed by atoms with Gasteiger partial charge in [-0.1, -0.05) is 42.5 Å². The molecule has 2 aromatic carbocycles. The van der Waals surface area contributed by atoms with E-state index in [0.717, 1.165) is 21.5 Å². The Kier molecular flexibility index (Phi) is 4.51. The van der Waals surface area contributed by atoms with Crippen LogP contribution in [0.3, 0.4) is 0 Å². The van der Waals surface area contributed by atoms with E-state index < -0.39 is 6.04 Å². The van der Waals surface area contributed by atoms with Crippen molar-refractivity contribution in [3.63, 3.8) is 0 Å². The van der Waals surface area contributed by atoms with Gasteiger partial charge in [-0.25, -0.2) is 4.98 Å². The number of imidazole rings is 1. The fourth-order valence-corrected chi connectivity index (χ4v) is 4.23. The van der Waals surface area contributed by atoms with Crippen LogP contribution in [0, 0.1) is 11.3 Å². The second-order valence-electron chi connectivity index (χ2n) is 6.89. The van der Waals surface area contributed by atoms with Crippen LogP contribution in [-0.4, -0.2) is 15.3 Å². The summed E-state index contributed by atoms with van der Waals surface area (Å²) in [6, 6.07) is 23.1. The van der Waals surface area contributed by atoms with Crippen molar-refractivity contribution in [2.24, 2.45) is 0 Å². The molecule has 0 aliphatic heterocycles. The van der Waals surface area contributed by atoms with Crippen molar-refractivity contribution >= 4 is 33.7 Å². The third kappa shape index (κ3) is 3.21. The highest BCUT2D eigenvalue weighted by atomic mass is 32.1. The van der Waals surface area contributed by atoms with E-state index in [2.05, 4.69) is 35.7 Å². The quantitative estimate of drug-likeness (QED) is 0.444. The lowest BCUT2D eigenvalue weighted by Crippen LogP contribution is -2.27. The van der Waals surface area contributed by atoms with Crippen molar-refractivity contribution in [3.05, 3.63) is 94.9 Å². The number of thiophene rings is 1. The van der Waals surface area contributed by atoms with Gasteiger partial charge in [0, 0.05) is 22.8 Å². The van der Waals surface area contributed by atoms with Crippen LogP contribution in [0.15, 0.2) is 84.5 Å². The maximum atomic E-state index is 12.9. The summed E-state index contributed by atoms with van der Waals surface area (Å²) < 4.78 is 1.84. The van der Waals surface area contributed by atoms with Gasteiger partial charge in [-0.15, -0.1) is 11.3 Å². The Morgan fingerprint density at radius 3 is 2.73 bits per heavy atom. The first-order valence-electron chi connectivity index (χ1n) is 9.44. The number of benzene rings is 2. The highest BCUT2D eigenvalue weighted by Gasteiger charge is 2.19. The number of hydrogen-bond donors (Lipinski definition) is 1. The number of carbonyl (C=O) groups excluding carboxylic acids is 1. The Hall–Kier alpha value is -3.95. The van der Waals surface area contributed by atoms with E-state index in [4.69, 9.17) is 4.98 Å². The lowest BCUT2D eigenvalue weighted by Gasteiger charge is -2.10. The molecular weight excluding hydrogens is 392 g/mol. The highest BCUT2D eigenvalue weighted by Crippen LogP contribution is 2.25. The molecule has 0 aliphatic carbocycles. The Bertz CT molecular complexity index is 1410. The molecule has 5 rings (SSSR count). The summed E-state index contributed by atoms with van der Waals surface area (Å²) in [7, 11) is 0. The number of rotatable bonds is 4. The predicted molar refractivity (Wildman–Crippen MR) is 118 cm³/mol. The van der Waals surface area contributed by atoms with Crippen molar-refractivity contribution in [2.75, 3.05) is 0 Å². The largest absolute Gasteiger partial charge is 0.332 e. The fraction of sp³-hybridized carbons (Fsp3) is 0.0417. The summed E-state index contributed by atoms with van der Waals surface area (Å²) in [6.45, 7) is 0. The summed E-state index contributed by atoms with van der Waals surface area (Å²) >= 11 is 1.44. The number of amides is 1. The molecule has 1 unspecified atom stereocenters. The van der Waals surface area contributed by atoms with E-state index in [-0.39, 0.29) is 5.91 Å². The molecule has 3 aromatic heterocycles. The molecule has 1 N–H and O–H groups in total. The Balaban J connectivity index is 1.52. The number of hydrogen-bond acceptors (Lipinski definition) is 4. The van der Waals surface area contributed by atoms with Gasteiger partial charge in [0.25, 0.3) is 5.91 Å². The molecule has 1 atom stereocenters. The molecule has 144 valence electrons. The molecule has 0 bridgehead atoms. The van der Waals surface area contributed by atoms with Gasteiger partial charge < -0.3 is 9.72 Å². The van der Waals surface area contributed by atoms with E-state index in [0.29, 0.717) is 11.2 Å². The predicted octanol–water partition coefficient (Wildman–Crippen LogP) is 5.21. The number of aromatic nitrogens is 2. The average Bonchev–Trinajstić information content (AvgIpc) is 3.46. The summed E-state index contributed by atoms with van der Waals surface area (Å²) in [5, 5.41) is 16.5. The minimum absolute atomic E-state index is 0.323. The second-order valence-corrected chi connectivity index (χ2v) is 7.87. The van der Waals surface area contributed by atoms with Crippen LogP contribution in [0.5, 0.6) is 0 Å². The van der Waals surface area contributed by atoms with E-state index in [9.17, 15) is 10.1 Å². The molecule has 5 aromatic rings. The van der Waals surface area contributed by atoms with Crippen molar-refractivity contribution in [1.29, 1.82) is 5.26 Å². The van der Waals surface area contributed by atoms with Crippen molar-refractivity contribution < 1.29 is 4.79 Å². The number of carbonyl (C=O) groups is 1. The SMILES string of the molecule is N#CC(NC(=O)c1cccn2cc(-c3ccc4ccccc4c3)nc12)c1cccs1. The summed E-state index contributed by atoms with van der Waals surface area (Å²) in [4.78, 5) is 18.5. The summed E-state index contributed by atoms with van der Waals surface area (Å²) in [5.74, 6) is -0.323. The summed E-state index contributed by atoms with van der Waals surface area (Å²) in [5.41, 5.74) is 2.76. The maximum Gasteiger partial charge on any atom is 0.256 e. The normalized spacial score (nSPS) is 12.0. The van der Waals surface area contributed by atoms with Gasteiger partial charge in [0.15, 0.2) is 6.04 Å². The number of nitrogens with one attached hydrogen (secondary N) is 1. The zero-order valence-electron chi connectivity index (χ0n) is 15.8. The zero-order valence-corrected chi connectivity index (χ0v) is 16.6. The van der Waals surface area contributed by atoms with Crippen molar-refractivity contribution in [1.82, 2.24) is 14.7 Å². The monoisotopic (exact) mass is 408 g/mol. The average molecular weight is 408 g/mol. The zero-order chi connectivity index (χ0) is 20.5. The van der Waals surface area contributed by atoms with Gasteiger partial charge in [0.2, 0.25) is 0 Å². The molecule has 30 heavy (non-hydrogen) atoms. The Morgan fingerprint density at radius 1 is 1.07 bits per heavy atom. The molecule has 0 spiro atoms. The Labute approximate surface area is 176 Å². The van der Waals surface area contributed by atoms with E-state index in [1.807, 2.05) is 52.5 Å². The molecule has 0 aliphatic rings. The molecular formula is C24H16N4OS. The molecule has 0 saturated heterocycles. The van der Waals surface area contributed by atoms with Crippen molar-refractivity contribution in [2.45, 2.75) is 6.04 Å². The highest BCUT2D eigenvalue weighted by molar-refractivity contribution is 7.10. The van der Waals surface area contributed by atoms with Crippen LogP contribution in [0.2, 0.25) is 0 Å². The van der Waals surface area contributed by atoms with Crippen LogP contribution < -0.4 is 5.32 Å². The van der Waals surface area contributed by atoms with Crippen molar-refractivity contribution in [3.8, 4) is 17.3 Å². The van der Waals surface area contributed by atoms with Crippen LogP contribution in [0.4, 0.5) is 0 Å². The smallest absolute Gasteiger partial charge is 0.256 e. The summed E-state index contributed by atoms with van der Waals surface area (Å²) in [6.07, 6.45) is 3.78. The molecule has 3 heterocycles. The topological polar surface area (TPSA) is 70.2 Å². The van der Waals surface area contributed by atoms with Gasteiger partial charge in [-0.3, -0.25) is 4.79 Å². The van der Waals surface area contributed by atoms with Gasteiger partial charge in [-0.05, 0) is 40.4 Å². The minimum atomic E-state index is -0.687. The van der Waals surface area contributed by atoms with Crippen LogP contribution in [0.1, 0.15) is 21.3 Å². The molecule has 6 heteroatoms. The van der Waals surface area contributed by atoms with Crippen LogP contribution in [-0.2, 0) is 0 Å². The number of nitrogens with zero attached hydrogens (tertiary/aromatic N) is 3. The number of pyridine rings is 1. The van der Waals surface area contributed by atoms with Crippen LogP contribution >= 0.6 is 11.3 Å². The van der Waals surface area contributed by atoms with Gasteiger partial charge >= 0.3 is 0 Å². The Morgan fingerprint density at radius 2 is 1.93 bits per heavy atom. The first-order valence-corrected chi connectivity index (χ1v) is 10.3. The maximum absolute atomic E-state index is 12.9. The lowest BCUT2D eigenvalue weighted by atomic mass is 10.1. The van der Waals surface area contributed by atoms with Gasteiger partial charge in [-0.2, -0.15) is 5.26 Å². The van der Waals surface area contributed by atoms with E-state index >= 15 is 0 Å². The number of nitriles is 1. The van der Waals surface area contributed by atoms with E-state index in [1.165, 1.54) is 16.7 Å². The number of fused-ring (bicyclic) bond motifs is 2. The second kappa shape index (κ2) is 7.47. The standard InChI is InChI=1S/C24H16N4OS/c25-14-20(22-8-4-12-30-22)27-24(29)19-7-3-11-28-15-21(26-23(19)28)18-10-9-16-5-1-2-6-17(16)13-18/h1-13,15,20H,(H,27,29). The molecule has 0 saturated carbocycles. The minimum Gasteiger partial charge on any atom is -0.332 e. The lowest BCUT2D eigenvalue weighted by molar-refractivity contribution is 0.0947. The van der Waals surface area contributed by atoms with Gasteiger partial charge in [0.1, 0.15) is 5.65 Å². The molecule has 0 radical (unpaired) electrons. The van der Waals surface area contributed by atoms with E-state index in [1.54, 1.807) is 12.1 Å². The molecule has 0 fully saturated rings. The van der Waals surface area contributed by atoms with Crippen LogP contribution in [0.25, 0.3) is 27.7 Å². The van der Waals surface area contributed by atoms with Gasteiger partial charge in [0.05, 0.1) is 17.3 Å².